The predicted octanol–water partition coefficient (Wildman–Crippen LogP) is 4.58. The number of rotatable bonds is 7. The first-order valence-electron chi connectivity index (χ1n) is 10.7. The van der Waals surface area contributed by atoms with E-state index in [9.17, 15) is 4.79 Å². The molecule has 0 saturated carbocycles. The van der Waals surface area contributed by atoms with Crippen LogP contribution < -0.4 is 19.6 Å². The summed E-state index contributed by atoms with van der Waals surface area (Å²) in [5, 5.41) is 0. The minimum atomic E-state index is -0.715. The van der Waals surface area contributed by atoms with Gasteiger partial charge in [0, 0.05) is 12.7 Å². The van der Waals surface area contributed by atoms with Crippen molar-refractivity contribution in [3.05, 3.63) is 88.0 Å². The fourth-order valence-corrected chi connectivity index (χ4v) is 3.81. The molecule has 0 amide bonds. The minimum Gasteiger partial charge on any atom is -0.482 e. The van der Waals surface area contributed by atoms with Gasteiger partial charge in [0.15, 0.2) is 23.5 Å². The van der Waals surface area contributed by atoms with Crippen molar-refractivity contribution >= 4 is 0 Å². The van der Waals surface area contributed by atoms with Crippen LogP contribution in [0.15, 0.2) is 70.1 Å². The van der Waals surface area contributed by atoms with Crippen LogP contribution in [0, 0.1) is 0 Å². The number of hydrogen-bond acceptors (Lipinski definition) is 7. The second kappa shape index (κ2) is 9.46. The van der Waals surface area contributed by atoms with Crippen molar-refractivity contribution in [2.75, 3.05) is 13.4 Å². The van der Waals surface area contributed by atoms with Crippen molar-refractivity contribution in [1.82, 2.24) is 0 Å². The Morgan fingerprint density at radius 3 is 2.72 bits per heavy atom. The highest BCUT2D eigenvalue weighted by Crippen LogP contribution is 2.39. The molecule has 0 spiro atoms. The van der Waals surface area contributed by atoms with Gasteiger partial charge < -0.3 is 28.1 Å². The van der Waals surface area contributed by atoms with Gasteiger partial charge in [0.1, 0.15) is 12.7 Å². The van der Waals surface area contributed by atoms with E-state index in [1.54, 1.807) is 0 Å². The van der Waals surface area contributed by atoms with Crippen molar-refractivity contribution in [1.29, 1.82) is 0 Å². The van der Waals surface area contributed by atoms with Gasteiger partial charge >= 0.3 is 0 Å². The Bertz CT molecular complexity index is 1100. The Morgan fingerprint density at radius 2 is 1.88 bits per heavy atom. The monoisotopic (exact) mass is 436 g/mol. The molecular weight excluding hydrogens is 412 g/mol. The van der Waals surface area contributed by atoms with Gasteiger partial charge in [-0.1, -0.05) is 36.4 Å². The first kappa shape index (κ1) is 20.6. The molecule has 0 radical (unpaired) electrons. The number of fused-ring (bicyclic) bond motifs is 1. The second-order valence-electron chi connectivity index (χ2n) is 7.68. The molecule has 3 heterocycles. The number of ether oxygens (including phenoxy) is 5. The van der Waals surface area contributed by atoms with Crippen molar-refractivity contribution in [2.24, 2.45) is 0 Å². The molecule has 2 aromatic carbocycles. The summed E-state index contributed by atoms with van der Waals surface area (Å²) in [7, 11) is 0. The van der Waals surface area contributed by atoms with E-state index in [0.717, 1.165) is 30.4 Å². The molecule has 1 aromatic heterocycles. The van der Waals surface area contributed by atoms with Crippen LogP contribution in [0.3, 0.4) is 0 Å². The summed E-state index contributed by atoms with van der Waals surface area (Å²) in [5.74, 6) is 1.69. The third-order valence-electron chi connectivity index (χ3n) is 5.45. The molecule has 5 rings (SSSR count). The maximum Gasteiger partial charge on any atom is 0.231 e. The van der Waals surface area contributed by atoms with Crippen LogP contribution in [-0.2, 0) is 16.1 Å². The van der Waals surface area contributed by atoms with E-state index >= 15 is 0 Å². The van der Waals surface area contributed by atoms with E-state index in [2.05, 4.69) is 0 Å². The third kappa shape index (κ3) is 4.49. The van der Waals surface area contributed by atoms with Crippen molar-refractivity contribution in [3.63, 3.8) is 0 Å². The second-order valence-corrected chi connectivity index (χ2v) is 7.68. The van der Waals surface area contributed by atoms with E-state index in [1.165, 1.54) is 12.3 Å². The fourth-order valence-electron chi connectivity index (χ4n) is 3.81. The summed E-state index contributed by atoms with van der Waals surface area (Å²) >= 11 is 0. The van der Waals surface area contributed by atoms with Crippen LogP contribution >= 0.6 is 0 Å². The molecule has 3 aromatic rings. The van der Waals surface area contributed by atoms with Gasteiger partial charge in [0.05, 0.1) is 6.26 Å². The summed E-state index contributed by atoms with van der Waals surface area (Å²) in [5.41, 5.74) is 1.42. The average Bonchev–Trinajstić information content (AvgIpc) is 3.31. The fraction of sp³-hybridized carbons (Fsp3) is 0.320. The van der Waals surface area contributed by atoms with Crippen LogP contribution in [0.2, 0.25) is 0 Å². The molecule has 2 atom stereocenters. The molecule has 2 unspecified atom stereocenters. The van der Waals surface area contributed by atoms with Crippen LogP contribution in [0.25, 0.3) is 0 Å². The molecule has 166 valence electrons. The SMILES string of the molecule is O=c1ccoc(C(OC2CCCCO2)c2ccc3c(c2)OCO3)c1OCc1ccccc1. The lowest BCUT2D eigenvalue weighted by molar-refractivity contribution is -0.184. The summed E-state index contributed by atoms with van der Waals surface area (Å²) in [4.78, 5) is 12.8. The van der Waals surface area contributed by atoms with E-state index in [0.29, 0.717) is 23.9 Å². The molecule has 2 aliphatic rings. The normalized spacial score (nSPS) is 18.3. The first-order chi connectivity index (χ1) is 15.8. The molecule has 0 N–H and O–H groups in total. The Labute approximate surface area is 185 Å². The van der Waals surface area contributed by atoms with E-state index in [-0.39, 0.29) is 24.6 Å². The standard InChI is InChI=1S/C25H24O7/c26-19-11-13-28-25(24(19)29-15-17-6-2-1-3-7-17)23(32-22-8-4-5-12-27-22)18-9-10-20-21(14-18)31-16-30-20/h1-3,6-7,9-11,13-14,22-23H,4-5,8,12,15-16H2. The van der Waals surface area contributed by atoms with E-state index in [1.807, 2.05) is 48.5 Å². The van der Waals surface area contributed by atoms with Crippen LogP contribution in [0.4, 0.5) is 0 Å². The van der Waals surface area contributed by atoms with Gasteiger partial charge in [-0.05, 0) is 42.5 Å². The Balaban J connectivity index is 1.50. The summed E-state index contributed by atoms with van der Waals surface area (Å²) in [6.45, 7) is 1.03. The Kier molecular flexibility index (Phi) is 6.09. The number of benzene rings is 2. The molecule has 2 aliphatic heterocycles. The van der Waals surface area contributed by atoms with Crippen LogP contribution in [0.5, 0.6) is 17.2 Å². The van der Waals surface area contributed by atoms with Crippen LogP contribution in [0.1, 0.15) is 42.3 Å². The van der Waals surface area contributed by atoms with Crippen molar-refractivity contribution in [3.8, 4) is 17.2 Å². The molecule has 0 aliphatic carbocycles. The maximum absolute atomic E-state index is 12.8. The molecule has 7 nitrogen and oxygen atoms in total. The summed E-state index contributed by atoms with van der Waals surface area (Å²) < 4.78 is 34.9. The van der Waals surface area contributed by atoms with Gasteiger partial charge in [-0.2, -0.15) is 0 Å². The van der Waals surface area contributed by atoms with Gasteiger partial charge in [0.2, 0.25) is 18.0 Å². The average molecular weight is 436 g/mol. The zero-order chi connectivity index (χ0) is 21.8. The molecular formula is C25H24O7. The van der Waals surface area contributed by atoms with E-state index in [4.69, 9.17) is 28.1 Å². The molecule has 1 saturated heterocycles. The highest BCUT2D eigenvalue weighted by Gasteiger charge is 2.30. The number of hydrogen-bond donors (Lipinski definition) is 0. The van der Waals surface area contributed by atoms with Crippen molar-refractivity contribution < 1.29 is 28.1 Å². The Morgan fingerprint density at radius 1 is 1.00 bits per heavy atom. The van der Waals surface area contributed by atoms with Gasteiger partial charge in [-0.15, -0.1) is 0 Å². The smallest absolute Gasteiger partial charge is 0.231 e. The Hall–Kier alpha value is -3.29. The molecule has 7 heteroatoms. The quantitative estimate of drug-likeness (QED) is 0.537. The molecule has 32 heavy (non-hydrogen) atoms. The zero-order valence-corrected chi connectivity index (χ0v) is 17.5. The largest absolute Gasteiger partial charge is 0.482 e. The third-order valence-corrected chi connectivity index (χ3v) is 5.45. The zero-order valence-electron chi connectivity index (χ0n) is 17.5. The highest BCUT2D eigenvalue weighted by atomic mass is 16.7. The maximum atomic E-state index is 12.8. The lowest BCUT2D eigenvalue weighted by Gasteiger charge is -2.28. The van der Waals surface area contributed by atoms with Crippen LogP contribution in [-0.4, -0.2) is 19.7 Å². The molecule has 0 bridgehead atoms. The lowest BCUT2D eigenvalue weighted by Crippen LogP contribution is -2.26. The van der Waals surface area contributed by atoms with Gasteiger partial charge in [-0.3, -0.25) is 4.79 Å². The van der Waals surface area contributed by atoms with E-state index < -0.39 is 12.4 Å². The van der Waals surface area contributed by atoms with Gasteiger partial charge in [-0.25, -0.2) is 0 Å². The topological polar surface area (TPSA) is 76.4 Å². The van der Waals surface area contributed by atoms with Crippen molar-refractivity contribution in [2.45, 2.75) is 38.3 Å². The highest BCUT2D eigenvalue weighted by molar-refractivity contribution is 5.47. The molecule has 1 fully saturated rings. The summed E-state index contributed by atoms with van der Waals surface area (Å²) in [6, 6.07) is 16.5. The lowest BCUT2D eigenvalue weighted by atomic mass is 10.0. The minimum absolute atomic E-state index is 0.120. The van der Waals surface area contributed by atoms with Gasteiger partial charge in [0.25, 0.3) is 0 Å². The first-order valence-corrected chi connectivity index (χ1v) is 10.7. The predicted molar refractivity (Wildman–Crippen MR) is 115 cm³/mol. The summed E-state index contributed by atoms with van der Waals surface area (Å²) in [6.07, 6.45) is 3.00.